The van der Waals surface area contributed by atoms with Crippen LogP contribution in [0.2, 0.25) is 0 Å². The molecule has 3 aromatic carbocycles. The maximum absolute atomic E-state index is 13.6. The van der Waals surface area contributed by atoms with E-state index in [4.69, 9.17) is 9.15 Å². The molecular formula is C21H14FNO3. The van der Waals surface area contributed by atoms with Crippen molar-refractivity contribution in [3.05, 3.63) is 82.5 Å². The monoisotopic (exact) mass is 347 g/mol. The minimum absolute atomic E-state index is 0.302. The molecule has 0 aliphatic carbocycles. The first-order valence-corrected chi connectivity index (χ1v) is 8.31. The van der Waals surface area contributed by atoms with Gasteiger partial charge in [-0.3, -0.25) is 0 Å². The highest BCUT2D eigenvalue weighted by molar-refractivity contribution is 6.05. The summed E-state index contributed by atoms with van der Waals surface area (Å²) in [5.74, 6) is 0.382. The van der Waals surface area contributed by atoms with Crippen molar-refractivity contribution in [3.63, 3.8) is 0 Å². The van der Waals surface area contributed by atoms with Gasteiger partial charge in [-0.05, 0) is 41.8 Å². The highest BCUT2D eigenvalue weighted by Gasteiger charge is 2.23. The van der Waals surface area contributed by atoms with Crippen molar-refractivity contribution in [1.82, 2.24) is 0 Å². The zero-order valence-corrected chi connectivity index (χ0v) is 13.7. The Morgan fingerprint density at radius 2 is 1.77 bits per heavy atom. The minimum atomic E-state index is -0.371. The van der Waals surface area contributed by atoms with Gasteiger partial charge in [-0.15, -0.1) is 0 Å². The molecule has 0 saturated carbocycles. The van der Waals surface area contributed by atoms with Gasteiger partial charge in [0, 0.05) is 11.1 Å². The fourth-order valence-electron chi connectivity index (χ4n) is 3.49. The van der Waals surface area contributed by atoms with Crippen LogP contribution >= 0.6 is 0 Å². The van der Waals surface area contributed by atoms with Gasteiger partial charge >= 0.3 is 5.63 Å². The van der Waals surface area contributed by atoms with Crippen molar-refractivity contribution in [2.24, 2.45) is 0 Å². The molecule has 1 aliphatic rings. The van der Waals surface area contributed by atoms with Crippen molar-refractivity contribution < 1.29 is 13.5 Å². The average molecular weight is 347 g/mol. The SMILES string of the molecule is O=c1oc2c3c(ccc2c2ccccc12)OCN(c1cccc(F)c1)C3. The molecular weight excluding hydrogens is 333 g/mol. The summed E-state index contributed by atoms with van der Waals surface area (Å²) in [7, 11) is 0. The largest absolute Gasteiger partial charge is 0.473 e. The smallest absolute Gasteiger partial charge is 0.344 e. The van der Waals surface area contributed by atoms with Gasteiger partial charge < -0.3 is 14.1 Å². The van der Waals surface area contributed by atoms with E-state index < -0.39 is 0 Å². The third-order valence-electron chi connectivity index (χ3n) is 4.75. The molecule has 0 atom stereocenters. The standard InChI is InChI=1S/C21H14FNO3/c22-13-4-3-5-14(10-13)23-11-18-19(25-12-23)9-8-16-15-6-1-2-7-17(15)21(24)26-20(16)18/h1-10H,11-12H2. The molecule has 0 saturated heterocycles. The number of benzene rings is 3. The van der Waals surface area contributed by atoms with Crippen LogP contribution in [0.5, 0.6) is 5.75 Å². The van der Waals surface area contributed by atoms with Crippen LogP contribution in [-0.2, 0) is 6.54 Å². The van der Waals surface area contributed by atoms with Crippen molar-refractivity contribution in [2.45, 2.75) is 6.54 Å². The Morgan fingerprint density at radius 1 is 0.923 bits per heavy atom. The number of anilines is 1. The van der Waals surface area contributed by atoms with E-state index in [9.17, 15) is 9.18 Å². The highest BCUT2D eigenvalue weighted by atomic mass is 19.1. The van der Waals surface area contributed by atoms with E-state index in [1.165, 1.54) is 12.1 Å². The number of halogens is 1. The molecule has 128 valence electrons. The average Bonchev–Trinajstić information content (AvgIpc) is 2.68. The summed E-state index contributed by atoms with van der Waals surface area (Å²) in [5, 5.41) is 2.27. The molecule has 0 amide bonds. The van der Waals surface area contributed by atoms with E-state index in [-0.39, 0.29) is 11.4 Å². The normalized spacial score (nSPS) is 13.7. The van der Waals surface area contributed by atoms with Crippen LogP contribution in [-0.4, -0.2) is 6.73 Å². The number of hydrogen-bond acceptors (Lipinski definition) is 4. The summed E-state index contributed by atoms with van der Waals surface area (Å²) in [6.45, 7) is 0.775. The van der Waals surface area contributed by atoms with Crippen LogP contribution < -0.4 is 15.3 Å². The molecule has 4 aromatic rings. The first kappa shape index (κ1) is 15.0. The third-order valence-corrected chi connectivity index (χ3v) is 4.75. The molecule has 4 nitrogen and oxygen atoms in total. The molecule has 0 fully saturated rings. The van der Waals surface area contributed by atoms with Crippen LogP contribution in [0.15, 0.2) is 69.9 Å². The Hall–Kier alpha value is -3.34. The Labute approximate surface area is 148 Å². The molecule has 0 unspecified atom stereocenters. The molecule has 26 heavy (non-hydrogen) atoms. The first-order chi connectivity index (χ1) is 12.7. The number of rotatable bonds is 1. The topological polar surface area (TPSA) is 42.7 Å². The molecule has 0 bridgehead atoms. The van der Waals surface area contributed by atoms with Gasteiger partial charge in [0.05, 0.1) is 17.5 Å². The summed E-state index contributed by atoms with van der Waals surface area (Å²) in [6.07, 6.45) is 0. The van der Waals surface area contributed by atoms with Gasteiger partial charge in [0.25, 0.3) is 0 Å². The van der Waals surface area contributed by atoms with Crippen LogP contribution in [0.3, 0.4) is 0 Å². The molecule has 1 aliphatic heterocycles. The van der Waals surface area contributed by atoms with Gasteiger partial charge in [0.1, 0.15) is 17.1 Å². The van der Waals surface area contributed by atoms with Gasteiger partial charge in [-0.25, -0.2) is 9.18 Å². The summed E-state index contributed by atoms with van der Waals surface area (Å²) < 4.78 is 25.0. The van der Waals surface area contributed by atoms with E-state index in [0.717, 1.165) is 22.0 Å². The quantitative estimate of drug-likeness (QED) is 0.377. The molecule has 0 spiro atoms. The Morgan fingerprint density at radius 3 is 2.62 bits per heavy atom. The zero-order chi connectivity index (χ0) is 17.7. The highest BCUT2D eigenvalue weighted by Crippen LogP contribution is 2.35. The third kappa shape index (κ3) is 2.24. The van der Waals surface area contributed by atoms with E-state index in [2.05, 4.69) is 0 Å². The second kappa shape index (κ2) is 5.59. The molecule has 5 rings (SSSR count). The molecule has 1 aromatic heterocycles. The molecule has 0 radical (unpaired) electrons. The Kier molecular flexibility index (Phi) is 3.22. The minimum Gasteiger partial charge on any atom is -0.473 e. The van der Waals surface area contributed by atoms with Crippen molar-refractivity contribution >= 4 is 27.4 Å². The van der Waals surface area contributed by atoms with E-state index in [0.29, 0.717) is 30.0 Å². The predicted molar refractivity (Wildman–Crippen MR) is 98.1 cm³/mol. The fourth-order valence-corrected chi connectivity index (χ4v) is 3.49. The molecule has 0 N–H and O–H groups in total. The number of nitrogens with zero attached hydrogens (tertiary/aromatic N) is 1. The molecule has 5 heteroatoms. The summed E-state index contributed by atoms with van der Waals surface area (Å²) >= 11 is 0. The van der Waals surface area contributed by atoms with Crippen molar-refractivity contribution in [3.8, 4) is 5.75 Å². The van der Waals surface area contributed by atoms with Crippen molar-refractivity contribution in [2.75, 3.05) is 11.6 Å². The lowest BCUT2D eigenvalue weighted by atomic mass is 10.0. The van der Waals surface area contributed by atoms with Crippen LogP contribution in [0.4, 0.5) is 10.1 Å². The number of ether oxygens (including phenoxy) is 1. The van der Waals surface area contributed by atoms with E-state index in [1.54, 1.807) is 12.1 Å². The van der Waals surface area contributed by atoms with Gasteiger partial charge in [-0.2, -0.15) is 0 Å². The van der Waals surface area contributed by atoms with E-state index >= 15 is 0 Å². The molecule has 2 heterocycles. The lowest BCUT2D eigenvalue weighted by Crippen LogP contribution is -2.32. The number of fused-ring (bicyclic) bond motifs is 5. The van der Waals surface area contributed by atoms with E-state index in [1.807, 2.05) is 41.3 Å². The fraction of sp³-hybridized carbons (Fsp3) is 0.0952. The Balaban J connectivity index is 1.71. The van der Waals surface area contributed by atoms with Crippen LogP contribution in [0.25, 0.3) is 21.7 Å². The lowest BCUT2D eigenvalue weighted by Gasteiger charge is -2.31. The second-order valence-corrected chi connectivity index (χ2v) is 6.31. The predicted octanol–water partition coefficient (Wildman–Crippen LogP) is 4.44. The maximum atomic E-state index is 13.6. The van der Waals surface area contributed by atoms with Gasteiger partial charge in [0.15, 0.2) is 6.73 Å². The second-order valence-electron chi connectivity index (χ2n) is 6.31. The lowest BCUT2D eigenvalue weighted by molar-refractivity contribution is 0.289. The van der Waals surface area contributed by atoms with Crippen LogP contribution in [0, 0.1) is 5.82 Å². The van der Waals surface area contributed by atoms with Gasteiger partial charge in [-0.1, -0.05) is 24.3 Å². The first-order valence-electron chi connectivity index (χ1n) is 8.31. The zero-order valence-electron chi connectivity index (χ0n) is 13.7. The maximum Gasteiger partial charge on any atom is 0.344 e. The van der Waals surface area contributed by atoms with Crippen LogP contribution in [0.1, 0.15) is 5.56 Å². The summed E-state index contributed by atoms with van der Waals surface area (Å²) in [4.78, 5) is 14.3. The summed E-state index contributed by atoms with van der Waals surface area (Å²) in [5.41, 5.74) is 1.66. The van der Waals surface area contributed by atoms with Crippen molar-refractivity contribution in [1.29, 1.82) is 0 Å². The Bertz CT molecular complexity index is 1210. The van der Waals surface area contributed by atoms with Gasteiger partial charge in [0.2, 0.25) is 0 Å². The summed E-state index contributed by atoms with van der Waals surface area (Å²) in [6, 6.07) is 17.6. The number of hydrogen-bond donors (Lipinski definition) is 0.